The van der Waals surface area contributed by atoms with E-state index >= 15 is 0 Å². The van der Waals surface area contributed by atoms with Gasteiger partial charge < -0.3 is 5.32 Å². The second kappa shape index (κ2) is 5.53. The minimum Gasteiger partial charge on any atom is -0.381 e. The van der Waals surface area contributed by atoms with Gasteiger partial charge in [0.15, 0.2) is 9.84 Å². The molecule has 1 aliphatic carbocycles. The fraction of sp³-hybridized carbons (Fsp3) is 0.600. The zero-order valence-corrected chi connectivity index (χ0v) is 12.7. The summed E-state index contributed by atoms with van der Waals surface area (Å²) in [6, 6.07) is 8.34. The van der Waals surface area contributed by atoms with Crippen LogP contribution in [0.4, 0.5) is 5.69 Å². The van der Waals surface area contributed by atoms with Crippen LogP contribution in [0.1, 0.15) is 44.6 Å². The van der Waals surface area contributed by atoms with E-state index in [9.17, 15) is 8.42 Å². The van der Waals surface area contributed by atoms with E-state index in [1.807, 2.05) is 12.1 Å². The van der Waals surface area contributed by atoms with Crippen LogP contribution in [0.25, 0.3) is 0 Å². The molecule has 106 valence electrons. The third-order valence-corrected chi connectivity index (χ3v) is 5.57. The summed E-state index contributed by atoms with van der Waals surface area (Å²) in [4.78, 5) is 0. The highest BCUT2D eigenvalue weighted by molar-refractivity contribution is 7.91. The summed E-state index contributed by atoms with van der Waals surface area (Å²) in [5, 5.41) is 3.17. The first-order valence-electron chi connectivity index (χ1n) is 6.93. The third-order valence-electron chi connectivity index (χ3n) is 3.91. The Labute approximate surface area is 116 Å². The summed E-state index contributed by atoms with van der Waals surface area (Å²) in [5.41, 5.74) is 2.31. The molecule has 1 aromatic carbocycles. The standard InChI is InChI=1S/C15H23NO2S/c1-11(2)12-6-4-7-13(10-12)16-14-8-5-9-15(14)19(3,17)18/h4,6-7,10-11,14-16H,5,8-9H2,1-3H3. The molecule has 0 heterocycles. The van der Waals surface area contributed by atoms with E-state index in [0.717, 1.165) is 24.9 Å². The molecule has 0 saturated heterocycles. The number of nitrogens with one attached hydrogen (secondary N) is 1. The first-order chi connectivity index (χ1) is 8.88. The molecule has 1 fully saturated rings. The Bertz CT molecular complexity index is 537. The molecule has 0 radical (unpaired) electrons. The molecule has 1 aliphatic rings. The number of rotatable bonds is 4. The van der Waals surface area contributed by atoms with E-state index in [2.05, 4.69) is 31.3 Å². The van der Waals surface area contributed by atoms with E-state index in [-0.39, 0.29) is 11.3 Å². The normalized spacial score (nSPS) is 23.8. The van der Waals surface area contributed by atoms with Crippen LogP contribution < -0.4 is 5.32 Å². The van der Waals surface area contributed by atoms with Crippen LogP contribution in [0.2, 0.25) is 0 Å². The van der Waals surface area contributed by atoms with Gasteiger partial charge in [-0.1, -0.05) is 26.0 Å². The average molecular weight is 281 g/mol. The monoisotopic (exact) mass is 281 g/mol. The summed E-state index contributed by atoms with van der Waals surface area (Å²) < 4.78 is 23.5. The average Bonchev–Trinajstić information content (AvgIpc) is 2.77. The van der Waals surface area contributed by atoms with E-state index < -0.39 is 9.84 Å². The number of hydrogen-bond donors (Lipinski definition) is 1. The minimum atomic E-state index is -2.96. The summed E-state index contributed by atoms with van der Waals surface area (Å²) in [6.45, 7) is 4.32. The van der Waals surface area contributed by atoms with Crippen LogP contribution >= 0.6 is 0 Å². The number of hydrogen-bond acceptors (Lipinski definition) is 3. The second-order valence-electron chi connectivity index (χ2n) is 5.83. The maximum atomic E-state index is 11.8. The molecular weight excluding hydrogens is 258 g/mol. The summed E-state index contributed by atoms with van der Waals surface area (Å²) in [5.74, 6) is 0.482. The first-order valence-corrected chi connectivity index (χ1v) is 8.89. The van der Waals surface area contributed by atoms with Crippen LogP contribution in [0.15, 0.2) is 24.3 Å². The molecule has 2 unspecified atom stereocenters. The fourth-order valence-corrected chi connectivity index (χ4v) is 4.20. The van der Waals surface area contributed by atoms with Crippen molar-refractivity contribution in [2.45, 2.75) is 50.3 Å². The first kappa shape index (κ1) is 14.4. The lowest BCUT2D eigenvalue weighted by Gasteiger charge is -2.21. The summed E-state index contributed by atoms with van der Waals surface area (Å²) in [7, 11) is -2.96. The van der Waals surface area contributed by atoms with Crippen LogP contribution in [0.3, 0.4) is 0 Å². The van der Waals surface area contributed by atoms with Crippen LogP contribution in [0, 0.1) is 0 Å². The molecule has 3 nitrogen and oxygen atoms in total. The van der Waals surface area contributed by atoms with Crippen molar-refractivity contribution in [1.29, 1.82) is 0 Å². The Morgan fingerprint density at radius 1 is 1.26 bits per heavy atom. The van der Waals surface area contributed by atoms with Gasteiger partial charge in [-0.15, -0.1) is 0 Å². The third kappa shape index (κ3) is 3.50. The van der Waals surface area contributed by atoms with Crippen molar-refractivity contribution in [3.05, 3.63) is 29.8 Å². The smallest absolute Gasteiger partial charge is 0.152 e. The molecule has 0 spiro atoms. The lowest BCUT2D eigenvalue weighted by atomic mass is 10.0. The topological polar surface area (TPSA) is 46.2 Å². The predicted octanol–water partition coefficient (Wildman–Crippen LogP) is 3.19. The quantitative estimate of drug-likeness (QED) is 0.922. The van der Waals surface area contributed by atoms with E-state index in [0.29, 0.717) is 5.92 Å². The van der Waals surface area contributed by atoms with Gasteiger partial charge in [0.2, 0.25) is 0 Å². The largest absolute Gasteiger partial charge is 0.381 e. The highest BCUT2D eigenvalue weighted by Gasteiger charge is 2.34. The zero-order chi connectivity index (χ0) is 14.0. The van der Waals surface area contributed by atoms with Crippen molar-refractivity contribution in [3.63, 3.8) is 0 Å². The molecular formula is C15H23NO2S. The molecule has 1 aromatic rings. The number of sulfone groups is 1. The Hall–Kier alpha value is -1.03. The van der Waals surface area contributed by atoms with Gasteiger partial charge in [0.1, 0.15) is 0 Å². The molecule has 1 saturated carbocycles. The molecule has 19 heavy (non-hydrogen) atoms. The molecule has 2 atom stereocenters. The molecule has 2 rings (SSSR count). The molecule has 0 aromatic heterocycles. The highest BCUT2D eigenvalue weighted by atomic mass is 32.2. The van der Waals surface area contributed by atoms with Crippen LogP contribution in [0.5, 0.6) is 0 Å². The Balaban J connectivity index is 2.15. The van der Waals surface area contributed by atoms with E-state index in [4.69, 9.17) is 0 Å². The maximum absolute atomic E-state index is 11.8. The SMILES string of the molecule is CC(C)c1cccc(NC2CCCC2S(C)(=O)=O)c1. The van der Waals surface area contributed by atoms with E-state index in [1.54, 1.807) is 0 Å². The van der Waals surface area contributed by atoms with Crippen molar-refractivity contribution in [3.8, 4) is 0 Å². The van der Waals surface area contributed by atoms with Crippen LogP contribution in [-0.4, -0.2) is 26.0 Å². The van der Waals surface area contributed by atoms with Gasteiger partial charge >= 0.3 is 0 Å². The maximum Gasteiger partial charge on any atom is 0.152 e. The Morgan fingerprint density at radius 2 is 2.00 bits per heavy atom. The molecule has 4 heteroatoms. The van der Waals surface area contributed by atoms with Crippen molar-refractivity contribution in [2.24, 2.45) is 0 Å². The van der Waals surface area contributed by atoms with Gasteiger partial charge in [-0.2, -0.15) is 0 Å². The molecule has 0 bridgehead atoms. The van der Waals surface area contributed by atoms with Crippen molar-refractivity contribution < 1.29 is 8.42 Å². The summed E-state index contributed by atoms with van der Waals surface area (Å²) in [6.07, 6.45) is 4.05. The fourth-order valence-electron chi connectivity index (χ4n) is 2.81. The molecule has 0 amide bonds. The van der Waals surface area contributed by atoms with Gasteiger partial charge in [-0.25, -0.2) is 8.42 Å². The van der Waals surface area contributed by atoms with Gasteiger partial charge in [-0.3, -0.25) is 0 Å². The Morgan fingerprint density at radius 3 is 2.63 bits per heavy atom. The van der Waals surface area contributed by atoms with Crippen molar-refractivity contribution >= 4 is 15.5 Å². The predicted molar refractivity (Wildman–Crippen MR) is 80.4 cm³/mol. The van der Waals surface area contributed by atoms with Gasteiger partial charge in [0, 0.05) is 18.0 Å². The van der Waals surface area contributed by atoms with Gasteiger partial charge in [0.05, 0.1) is 5.25 Å². The van der Waals surface area contributed by atoms with Crippen molar-refractivity contribution in [1.82, 2.24) is 0 Å². The van der Waals surface area contributed by atoms with E-state index in [1.165, 1.54) is 11.8 Å². The molecule has 0 aliphatic heterocycles. The lowest BCUT2D eigenvalue weighted by molar-refractivity contribution is 0.579. The molecule has 1 N–H and O–H groups in total. The number of benzene rings is 1. The van der Waals surface area contributed by atoms with Gasteiger partial charge in [-0.05, 0) is 42.9 Å². The second-order valence-corrected chi connectivity index (χ2v) is 8.09. The van der Waals surface area contributed by atoms with Crippen molar-refractivity contribution in [2.75, 3.05) is 11.6 Å². The zero-order valence-electron chi connectivity index (χ0n) is 11.9. The highest BCUT2D eigenvalue weighted by Crippen LogP contribution is 2.28. The Kier molecular flexibility index (Phi) is 4.19. The number of anilines is 1. The lowest BCUT2D eigenvalue weighted by Crippen LogP contribution is -2.34. The summed E-state index contributed by atoms with van der Waals surface area (Å²) >= 11 is 0. The van der Waals surface area contributed by atoms with Gasteiger partial charge in [0.25, 0.3) is 0 Å². The van der Waals surface area contributed by atoms with Crippen LogP contribution in [-0.2, 0) is 9.84 Å². The minimum absolute atomic E-state index is 0.0532.